The molecule has 0 aromatic rings. The van der Waals surface area contributed by atoms with Gasteiger partial charge < -0.3 is 24.4 Å². The number of carbonyl (C=O) groups is 3. The number of esters is 1. The van der Waals surface area contributed by atoms with Gasteiger partial charge in [-0.2, -0.15) is 0 Å². The first-order valence-corrected chi connectivity index (χ1v) is 13.4. The molecule has 1 spiro atoms. The van der Waals surface area contributed by atoms with Crippen molar-refractivity contribution in [3.63, 3.8) is 0 Å². The van der Waals surface area contributed by atoms with E-state index in [-0.39, 0.29) is 31.1 Å². The summed E-state index contributed by atoms with van der Waals surface area (Å²) in [6.07, 6.45) is 15.5. The first-order valence-electron chi connectivity index (χ1n) is 13.4. The molecule has 0 radical (unpaired) electrons. The van der Waals surface area contributed by atoms with Crippen LogP contribution < -0.4 is 0 Å². The molecule has 3 fully saturated rings. The lowest BCUT2D eigenvalue weighted by Gasteiger charge is -2.40. The fourth-order valence-electron chi connectivity index (χ4n) is 7.14. The monoisotopic (exact) mass is 486 g/mol. The number of likely N-dealkylation sites (tertiary alicyclic amines) is 1. The Labute approximate surface area is 207 Å². The Hall–Kier alpha value is -2.19. The van der Waals surface area contributed by atoms with Gasteiger partial charge in [0.2, 0.25) is 11.8 Å². The number of ether oxygens (including phenoxy) is 2. The molecule has 8 nitrogen and oxygen atoms in total. The standard InChI is InChI=1S/C27H38N2O6/c1-2-26-13-10-18-34-25(33)21(26)20-23(31)29(15-7-4-8-17-30)22-24(32)28(19-11-5-3-6-12-19)16-9-14-27(20,22)35-26/h9-10,13-14,19-22,30H,2-8,11-12,15-18H2,1H3/t20-,21-,22?,26+,27-/m0/s1. The van der Waals surface area contributed by atoms with Crippen LogP contribution in [0.4, 0.5) is 0 Å². The Morgan fingerprint density at radius 3 is 2.54 bits per heavy atom. The molecule has 2 saturated heterocycles. The van der Waals surface area contributed by atoms with E-state index in [1.807, 2.05) is 30.1 Å². The van der Waals surface area contributed by atoms with E-state index in [9.17, 15) is 19.5 Å². The fraction of sp³-hybridized carbons (Fsp3) is 0.741. The second kappa shape index (κ2) is 9.69. The number of hydrogen-bond donors (Lipinski definition) is 1. The molecular weight excluding hydrogens is 448 g/mol. The summed E-state index contributed by atoms with van der Waals surface area (Å²) in [7, 11) is 0. The molecule has 0 aromatic heterocycles. The van der Waals surface area contributed by atoms with Crippen LogP contribution in [0.25, 0.3) is 0 Å². The highest BCUT2D eigenvalue weighted by Gasteiger charge is 2.75. The Morgan fingerprint density at radius 2 is 1.80 bits per heavy atom. The number of cyclic esters (lactones) is 1. The van der Waals surface area contributed by atoms with Crippen molar-refractivity contribution in [1.29, 1.82) is 0 Å². The third-order valence-electron chi connectivity index (χ3n) is 8.80. The predicted octanol–water partition coefficient (Wildman–Crippen LogP) is 2.35. The largest absolute Gasteiger partial charge is 0.461 e. The van der Waals surface area contributed by atoms with Crippen molar-refractivity contribution in [3.8, 4) is 0 Å². The average molecular weight is 487 g/mol. The minimum atomic E-state index is -1.20. The molecule has 35 heavy (non-hydrogen) atoms. The van der Waals surface area contributed by atoms with E-state index in [1.165, 1.54) is 6.42 Å². The molecule has 5 aliphatic rings. The quantitative estimate of drug-likeness (QED) is 0.337. The van der Waals surface area contributed by atoms with Gasteiger partial charge >= 0.3 is 5.97 Å². The van der Waals surface area contributed by atoms with Crippen molar-refractivity contribution in [2.75, 3.05) is 26.3 Å². The Bertz CT molecular complexity index is 911. The van der Waals surface area contributed by atoms with Crippen molar-refractivity contribution < 1.29 is 29.0 Å². The number of rotatable bonds is 7. The van der Waals surface area contributed by atoms with Gasteiger partial charge in [-0.05, 0) is 44.6 Å². The minimum absolute atomic E-state index is 0.0695. The van der Waals surface area contributed by atoms with Gasteiger partial charge in [-0.15, -0.1) is 0 Å². The van der Waals surface area contributed by atoms with Crippen LogP contribution in [0.2, 0.25) is 0 Å². The van der Waals surface area contributed by atoms with Gasteiger partial charge in [0.25, 0.3) is 0 Å². The number of carbonyl (C=O) groups excluding carboxylic acids is 3. The maximum Gasteiger partial charge on any atom is 0.313 e. The molecule has 1 N–H and O–H groups in total. The summed E-state index contributed by atoms with van der Waals surface area (Å²) in [6, 6.07) is -0.635. The zero-order valence-electron chi connectivity index (χ0n) is 20.7. The van der Waals surface area contributed by atoms with E-state index in [2.05, 4.69) is 0 Å². The van der Waals surface area contributed by atoms with Crippen LogP contribution in [0, 0.1) is 11.8 Å². The zero-order valence-corrected chi connectivity index (χ0v) is 20.7. The van der Waals surface area contributed by atoms with Gasteiger partial charge in [-0.3, -0.25) is 14.4 Å². The van der Waals surface area contributed by atoms with Gasteiger partial charge in [-0.1, -0.05) is 44.4 Å². The van der Waals surface area contributed by atoms with E-state index < -0.39 is 35.0 Å². The summed E-state index contributed by atoms with van der Waals surface area (Å²) < 4.78 is 12.3. The fourth-order valence-corrected chi connectivity index (χ4v) is 7.14. The van der Waals surface area contributed by atoms with Crippen LogP contribution in [0.1, 0.15) is 64.7 Å². The summed E-state index contributed by atoms with van der Waals surface area (Å²) in [5, 5.41) is 9.20. The molecule has 1 unspecified atom stereocenters. The highest BCUT2D eigenvalue weighted by atomic mass is 16.6. The van der Waals surface area contributed by atoms with Gasteiger partial charge in [0.05, 0.1) is 5.92 Å². The van der Waals surface area contributed by atoms with Crippen LogP contribution in [0.5, 0.6) is 0 Å². The molecular formula is C27H38N2O6. The zero-order chi connectivity index (χ0) is 24.6. The van der Waals surface area contributed by atoms with E-state index in [1.54, 1.807) is 11.0 Å². The number of hydrogen-bond acceptors (Lipinski definition) is 6. The minimum Gasteiger partial charge on any atom is -0.461 e. The highest BCUT2D eigenvalue weighted by Crippen LogP contribution is 2.58. The van der Waals surface area contributed by atoms with Gasteiger partial charge in [-0.25, -0.2) is 0 Å². The summed E-state index contributed by atoms with van der Waals surface area (Å²) >= 11 is 0. The third kappa shape index (κ3) is 3.84. The first-order chi connectivity index (χ1) is 17.0. The Morgan fingerprint density at radius 1 is 1.00 bits per heavy atom. The Balaban J connectivity index is 1.56. The number of amides is 2. The smallest absolute Gasteiger partial charge is 0.313 e. The van der Waals surface area contributed by atoms with Crippen molar-refractivity contribution in [1.82, 2.24) is 9.80 Å². The van der Waals surface area contributed by atoms with Gasteiger partial charge in [0.15, 0.2) is 0 Å². The summed E-state index contributed by atoms with van der Waals surface area (Å²) in [5.41, 5.74) is -2.17. The molecule has 4 aliphatic heterocycles. The van der Waals surface area contributed by atoms with Gasteiger partial charge in [0.1, 0.15) is 29.8 Å². The van der Waals surface area contributed by atoms with Crippen molar-refractivity contribution in [3.05, 3.63) is 24.3 Å². The molecule has 0 aromatic carbocycles. The number of aliphatic hydroxyl groups is 1. The molecule has 5 rings (SSSR count). The molecule has 1 aliphatic carbocycles. The maximum absolute atomic E-state index is 14.3. The van der Waals surface area contributed by atoms with Crippen LogP contribution >= 0.6 is 0 Å². The Kier molecular flexibility index (Phi) is 6.79. The number of unbranched alkanes of at least 4 members (excludes halogenated alkanes) is 2. The predicted molar refractivity (Wildman–Crippen MR) is 128 cm³/mol. The van der Waals surface area contributed by atoms with E-state index in [0.717, 1.165) is 32.1 Å². The lowest BCUT2D eigenvalue weighted by Crippen LogP contribution is -2.57. The molecule has 4 heterocycles. The van der Waals surface area contributed by atoms with Crippen molar-refractivity contribution in [2.45, 2.75) is 88.0 Å². The van der Waals surface area contributed by atoms with E-state index in [4.69, 9.17) is 9.47 Å². The normalized spacial score (nSPS) is 37.1. The molecule has 0 bridgehead atoms. The van der Waals surface area contributed by atoms with Crippen LogP contribution in [0.3, 0.4) is 0 Å². The van der Waals surface area contributed by atoms with Crippen LogP contribution in [0.15, 0.2) is 24.3 Å². The summed E-state index contributed by atoms with van der Waals surface area (Å²) in [5.74, 6) is -2.29. The van der Waals surface area contributed by atoms with E-state index in [0.29, 0.717) is 32.4 Å². The molecule has 192 valence electrons. The number of nitrogens with zero attached hydrogens (tertiary/aromatic N) is 2. The summed E-state index contributed by atoms with van der Waals surface area (Å²) in [6.45, 7) is 3.11. The summed E-state index contributed by atoms with van der Waals surface area (Å²) in [4.78, 5) is 45.3. The second-order valence-electron chi connectivity index (χ2n) is 10.7. The third-order valence-corrected chi connectivity index (χ3v) is 8.80. The maximum atomic E-state index is 14.3. The molecule has 8 heteroatoms. The lowest BCUT2D eigenvalue weighted by atomic mass is 9.73. The molecule has 1 saturated carbocycles. The number of aliphatic hydroxyl groups excluding tert-OH is 1. The van der Waals surface area contributed by atoms with Crippen molar-refractivity contribution in [2.24, 2.45) is 11.8 Å². The number of fused-ring (bicyclic) bond motifs is 2. The molecule has 2 amide bonds. The van der Waals surface area contributed by atoms with Gasteiger partial charge in [0, 0.05) is 25.7 Å². The van der Waals surface area contributed by atoms with Crippen LogP contribution in [-0.2, 0) is 23.9 Å². The highest BCUT2D eigenvalue weighted by molar-refractivity contribution is 5.99. The topological polar surface area (TPSA) is 96.4 Å². The second-order valence-corrected chi connectivity index (χ2v) is 10.7. The van der Waals surface area contributed by atoms with Crippen LogP contribution in [-0.4, -0.2) is 82.3 Å². The average Bonchev–Trinajstić information content (AvgIpc) is 3.14. The van der Waals surface area contributed by atoms with E-state index >= 15 is 0 Å². The first kappa shape index (κ1) is 24.5. The van der Waals surface area contributed by atoms with Crippen molar-refractivity contribution >= 4 is 17.8 Å². The molecule has 5 atom stereocenters. The SMILES string of the molecule is CC[C@@]12C=CCOC(=O)[C@@H]1[C@H]1C(=O)N(CCCCCO)C3C(=O)N(C4CCCCC4)CC=C[C@@]31O2. The lowest BCUT2D eigenvalue weighted by molar-refractivity contribution is -0.160.